The third-order valence-electron chi connectivity index (χ3n) is 2.82. The molecule has 0 radical (unpaired) electrons. The van der Waals surface area contributed by atoms with Crippen LogP contribution in [0, 0.1) is 12.7 Å². The maximum atomic E-state index is 13.9. The van der Waals surface area contributed by atoms with E-state index in [4.69, 9.17) is 0 Å². The Morgan fingerprint density at radius 1 is 1.24 bits per heavy atom. The van der Waals surface area contributed by atoms with Crippen molar-refractivity contribution in [2.45, 2.75) is 26.7 Å². The second kappa shape index (κ2) is 4.32. The van der Waals surface area contributed by atoms with Crippen LogP contribution in [0.3, 0.4) is 0 Å². The summed E-state index contributed by atoms with van der Waals surface area (Å²) >= 11 is 0. The number of hydrogen-bond acceptors (Lipinski definition) is 1. The average molecular weight is 232 g/mol. The highest BCUT2D eigenvalue weighted by Gasteiger charge is 2.16. The summed E-state index contributed by atoms with van der Waals surface area (Å²) in [5, 5.41) is 4.41. The molecule has 2 rings (SSSR count). The van der Waals surface area contributed by atoms with Crippen molar-refractivity contribution in [2.75, 3.05) is 0 Å². The lowest BCUT2D eigenvalue weighted by molar-refractivity contribution is 0.630. The molecule has 0 bridgehead atoms. The average Bonchev–Trinajstić information content (AvgIpc) is 2.64. The molecule has 1 aromatic carbocycles. The van der Waals surface area contributed by atoms with E-state index in [0.717, 1.165) is 16.8 Å². The summed E-state index contributed by atoms with van der Waals surface area (Å²) in [5.74, 6) is 0.0941. The van der Waals surface area contributed by atoms with Crippen molar-refractivity contribution < 1.29 is 4.39 Å². The second-order valence-electron chi connectivity index (χ2n) is 4.74. The lowest BCUT2D eigenvalue weighted by Gasteiger charge is -2.07. The van der Waals surface area contributed by atoms with Gasteiger partial charge in [0, 0.05) is 24.4 Å². The minimum absolute atomic E-state index is 0.189. The fraction of sp³-hybridized carbons (Fsp3) is 0.357. The number of benzene rings is 1. The molecule has 0 amide bonds. The molecular weight excluding hydrogens is 215 g/mol. The number of hydrogen-bond donors (Lipinski definition) is 0. The predicted octanol–water partition coefficient (Wildman–Crippen LogP) is 3.66. The molecule has 0 aliphatic carbocycles. The smallest absolute Gasteiger partial charge is 0.131 e. The Hall–Kier alpha value is -1.64. The lowest BCUT2D eigenvalue weighted by Crippen LogP contribution is -1.94. The van der Waals surface area contributed by atoms with Gasteiger partial charge in [-0.05, 0) is 25.0 Å². The van der Waals surface area contributed by atoms with Gasteiger partial charge in [0.1, 0.15) is 5.82 Å². The summed E-state index contributed by atoms with van der Waals surface area (Å²) in [5.41, 5.74) is 3.53. The minimum atomic E-state index is -0.189. The van der Waals surface area contributed by atoms with E-state index in [2.05, 4.69) is 18.9 Å². The molecule has 0 spiro atoms. The molecule has 0 saturated carbocycles. The Kier molecular flexibility index (Phi) is 3.01. The van der Waals surface area contributed by atoms with Crippen molar-refractivity contribution in [3.63, 3.8) is 0 Å². The molecule has 90 valence electrons. The first-order chi connectivity index (χ1) is 7.99. The fourth-order valence-corrected chi connectivity index (χ4v) is 1.99. The zero-order chi connectivity index (χ0) is 12.6. The first kappa shape index (κ1) is 11.8. The Morgan fingerprint density at radius 3 is 2.59 bits per heavy atom. The Bertz CT molecular complexity index is 541. The van der Waals surface area contributed by atoms with Crippen molar-refractivity contribution in [3.05, 3.63) is 41.5 Å². The van der Waals surface area contributed by atoms with Crippen LogP contribution in [0.5, 0.6) is 0 Å². The number of halogens is 1. The van der Waals surface area contributed by atoms with E-state index in [1.165, 1.54) is 6.07 Å². The Morgan fingerprint density at radius 2 is 1.94 bits per heavy atom. The van der Waals surface area contributed by atoms with Gasteiger partial charge in [0.2, 0.25) is 0 Å². The highest BCUT2D eigenvalue weighted by Crippen LogP contribution is 2.30. The zero-order valence-electron chi connectivity index (χ0n) is 10.7. The lowest BCUT2D eigenvalue weighted by atomic mass is 9.98. The summed E-state index contributed by atoms with van der Waals surface area (Å²) in [7, 11) is 1.86. The first-order valence-corrected chi connectivity index (χ1v) is 5.79. The Balaban J connectivity index is 2.63. The van der Waals surface area contributed by atoms with Gasteiger partial charge >= 0.3 is 0 Å². The van der Waals surface area contributed by atoms with Gasteiger partial charge < -0.3 is 0 Å². The largest absolute Gasteiger partial charge is 0.275 e. The molecule has 1 aromatic heterocycles. The first-order valence-electron chi connectivity index (χ1n) is 5.79. The van der Waals surface area contributed by atoms with Gasteiger partial charge in [-0.2, -0.15) is 5.10 Å². The number of aromatic nitrogens is 2. The topological polar surface area (TPSA) is 17.8 Å². The van der Waals surface area contributed by atoms with Gasteiger partial charge in [-0.25, -0.2) is 4.39 Å². The molecule has 0 unspecified atom stereocenters. The van der Waals surface area contributed by atoms with Gasteiger partial charge in [-0.1, -0.05) is 25.5 Å². The predicted molar refractivity (Wildman–Crippen MR) is 67.4 cm³/mol. The molecule has 0 saturated heterocycles. The molecular formula is C14H17FN2. The molecule has 0 aliphatic heterocycles. The standard InChI is InChI=1S/C14H17FN2/c1-9(2)14-12(8-17(4)16-14)11-7-10(3)5-6-13(11)15/h5-9H,1-4H3. The van der Waals surface area contributed by atoms with E-state index >= 15 is 0 Å². The van der Waals surface area contributed by atoms with Crippen LogP contribution >= 0.6 is 0 Å². The highest BCUT2D eigenvalue weighted by molar-refractivity contribution is 5.67. The van der Waals surface area contributed by atoms with Crippen molar-refractivity contribution in [3.8, 4) is 11.1 Å². The van der Waals surface area contributed by atoms with Gasteiger partial charge in [0.15, 0.2) is 0 Å². The van der Waals surface area contributed by atoms with Crippen LogP contribution < -0.4 is 0 Å². The van der Waals surface area contributed by atoms with E-state index < -0.39 is 0 Å². The summed E-state index contributed by atoms with van der Waals surface area (Å²) in [6.07, 6.45) is 1.88. The number of nitrogens with zero attached hydrogens (tertiary/aromatic N) is 2. The monoisotopic (exact) mass is 232 g/mol. The molecule has 0 atom stereocenters. The SMILES string of the molecule is Cc1ccc(F)c(-c2cn(C)nc2C(C)C)c1. The van der Waals surface area contributed by atoms with E-state index in [0.29, 0.717) is 5.56 Å². The van der Waals surface area contributed by atoms with Crippen LogP contribution in [0.15, 0.2) is 24.4 Å². The van der Waals surface area contributed by atoms with Crippen LogP contribution in [0.4, 0.5) is 4.39 Å². The molecule has 0 N–H and O–H groups in total. The molecule has 0 fully saturated rings. The van der Waals surface area contributed by atoms with Crippen LogP contribution in [-0.2, 0) is 7.05 Å². The molecule has 17 heavy (non-hydrogen) atoms. The van der Waals surface area contributed by atoms with Crippen molar-refractivity contribution in [1.82, 2.24) is 9.78 Å². The number of aryl methyl sites for hydroxylation is 2. The molecule has 2 nitrogen and oxygen atoms in total. The van der Waals surface area contributed by atoms with Gasteiger partial charge in [0.25, 0.3) is 0 Å². The maximum absolute atomic E-state index is 13.9. The summed E-state index contributed by atoms with van der Waals surface area (Å²) in [4.78, 5) is 0. The van der Waals surface area contributed by atoms with E-state index in [1.54, 1.807) is 10.7 Å². The molecule has 2 aromatic rings. The second-order valence-corrected chi connectivity index (χ2v) is 4.74. The quantitative estimate of drug-likeness (QED) is 0.772. The van der Waals surface area contributed by atoms with Crippen molar-refractivity contribution in [2.24, 2.45) is 7.05 Å². The third-order valence-corrected chi connectivity index (χ3v) is 2.82. The van der Waals surface area contributed by atoms with Crippen LogP contribution in [0.1, 0.15) is 31.0 Å². The van der Waals surface area contributed by atoms with Crippen LogP contribution in [0.25, 0.3) is 11.1 Å². The minimum Gasteiger partial charge on any atom is -0.275 e. The summed E-state index contributed by atoms with van der Waals surface area (Å²) in [6, 6.07) is 5.17. The van der Waals surface area contributed by atoms with E-state index in [1.807, 2.05) is 26.2 Å². The maximum Gasteiger partial charge on any atom is 0.131 e. The third kappa shape index (κ3) is 2.23. The summed E-state index contributed by atoms with van der Waals surface area (Å²) < 4.78 is 15.6. The van der Waals surface area contributed by atoms with Crippen molar-refractivity contribution in [1.29, 1.82) is 0 Å². The zero-order valence-corrected chi connectivity index (χ0v) is 10.7. The molecule has 0 aliphatic rings. The van der Waals surface area contributed by atoms with E-state index in [-0.39, 0.29) is 11.7 Å². The van der Waals surface area contributed by atoms with Crippen molar-refractivity contribution >= 4 is 0 Å². The molecule has 3 heteroatoms. The van der Waals surface area contributed by atoms with Crippen LogP contribution in [0.2, 0.25) is 0 Å². The highest BCUT2D eigenvalue weighted by atomic mass is 19.1. The van der Waals surface area contributed by atoms with Gasteiger partial charge in [-0.15, -0.1) is 0 Å². The normalized spacial score (nSPS) is 11.2. The fourth-order valence-electron chi connectivity index (χ4n) is 1.99. The van der Waals surface area contributed by atoms with Gasteiger partial charge in [0.05, 0.1) is 5.69 Å². The molecule has 1 heterocycles. The number of rotatable bonds is 2. The summed E-state index contributed by atoms with van der Waals surface area (Å²) in [6.45, 7) is 6.10. The van der Waals surface area contributed by atoms with Gasteiger partial charge in [-0.3, -0.25) is 4.68 Å². The van der Waals surface area contributed by atoms with Crippen LogP contribution in [-0.4, -0.2) is 9.78 Å². The van der Waals surface area contributed by atoms with E-state index in [9.17, 15) is 4.39 Å². The Labute approximate surface area is 101 Å².